The molecular formula is C14H16N4O3. The van der Waals surface area contributed by atoms with Crippen molar-refractivity contribution in [3.05, 3.63) is 47.8 Å². The number of amides is 2. The highest BCUT2D eigenvalue weighted by Crippen LogP contribution is 2.11. The lowest BCUT2D eigenvalue weighted by molar-refractivity contribution is -0.120. The summed E-state index contributed by atoms with van der Waals surface area (Å²) >= 11 is 0. The first-order valence-electron chi connectivity index (χ1n) is 6.57. The summed E-state index contributed by atoms with van der Waals surface area (Å²) < 4.78 is 1.28. The van der Waals surface area contributed by atoms with Gasteiger partial charge in [0.25, 0.3) is 5.91 Å². The maximum atomic E-state index is 11.8. The van der Waals surface area contributed by atoms with Gasteiger partial charge in [-0.05, 0) is 18.6 Å². The molecule has 1 heterocycles. The van der Waals surface area contributed by atoms with Gasteiger partial charge in [0.1, 0.15) is 12.2 Å². The SMILES string of the molecule is CCC(O)c1cn(CC(=O)NC(=O)c2ccccc2)nn1. The Kier molecular flexibility index (Phi) is 4.78. The fourth-order valence-electron chi connectivity index (χ4n) is 1.73. The van der Waals surface area contributed by atoms with Gasteiger partial charge < -0.3 is 5.11 Å². The molecule has 1 aromatic heterocycles. The van der Waals surface area contributed by atoms with Crippen LogP contribution in [0.5, 0.6) is 0 Å². The third-order valence-corrected chi connectivity index (χ3v) is 2.88. The number of aliphatic hydroxyl groups excluding tert-OH is 1. The van der Waals surface area contributed by atoms with Crippen LogP contribution < -0.4 is 5.32 Å². The Bertz CT molecular complexity index is 624. The van der Waals surface area contributed by atoms with Gasteiger partial charge in [-0.25, -0.2) is 4.68 Å². The number of benzene rings is 1. The minimum absolute atomic E-state index is 0.137. The number of nitrogens with zero attached hydrogens (tertiary/aromatic N) is 3. The van der Waals surface area contributed by atoms with E-state index < -0.39 is 17.9 Å². The lowest BCUT2D eigenvalue weighted by Gasteiger charge is -2.04. The number of rotatable bonds is 5. The van der Waals surface area contributed by atoms with Gasteiger partial charge in [-0.2, -0.15) is 0 Å². The van der Waals surface area contributed by atoms with Crippen LogP contribution in [0.3, 0.4) is 0 Å². The summed E-state index contributed by atoms with van der Waals surface area (Å²) in [4.78, 5) is 23.5. The average molecular weight is 288 g/mol. The minimum atomic E-state index is -0.701. The highest BCUT2D eigenvalue weighted by Gasteiger charge is 2.13. The average Bonchev–Trinajstić information content (AvgIpc) is 2.95. The highest BCUT2D eigenvalue weighted by molar-refractivity contribution is 6.04. The predicted octanol–water partition coefficient (Wildman–Crippen LogP) is 0.678. The van der Waals surface area contributed by atoms with Gasteiger partial charge >= 0.3 is 0 Å². The maximum Gasteiger partial charge on any atom is 0.257 e. The van der Waals surface area contributed by atoms with E-state index in [-0.39, 0.29) is 6.54 Å². The molecule has 2 N–H and O–H groups in total. The summed E-state index contributed by atoms with van der Waals surface area (Å²) in [5.41, 5.74) is 0.811. The standard InChI is InChI=1S/C14H16N4O3/c1-2-12(19)11-8-18(17-16-11)9-13(20)15-14(21)10-6-4-3-5-7-10/h3-8,12,19H,2,9H2,1H3,(H,15,20,21). The van der Waals surface area contributed by atoms with E-state index in [0.717, 1.165) is 0 Å². The first-order chi connectivity index (χ1) is 10.1. The number of nitrogens with one attached hydrogen (secondary N) is 1. The Morgan fingerprint density at radius 3 is 2.71 bits per heavy atom. The van der Waals surface area contributed by atoms with E-state index >= 15 is 0 Å². The minimum Gasteiger partial charge on any atom is -0.387 e. The number of hydrogen-bond donors (Lipinski definition) is 2. The fourth-order valence-corrected chi connectivity index (χ4v) is 1.73. The molecule has 7 heteroatoms. The Morgan fingerprint density at radius 1 is 1.33 bits per heavy atom. The van der Waals surface area contributed by atoms with Crippen LogP contribution >= 0.6 is 0 Å². The Balaban J connectivity index is 1.93. The van der Waals surface area contributed by atoms with E-state index in [1.54, 1.807) is 30.3 Å². The molecule has 110 valence electrons. The van der Waals surface area contributed by atoms with Crippen molar-refractivity contribution in [1.82, 2.24) is 20.3 Å². The summed E-state index contributed by atoms with van der Waals surface area (Å²) in [6, 6.07) is 8.46. The predicted molar refractivity (Wildman–Crippen MR) is 74.2 cm³/mol. The van der Waals surface area contributed by atoms with Gasteiger partial charge in [-0.3, -0.25) is 14.9 Å². The van der Waals surface area contributed by atoms with Crippen molar-refractivity contribution in [3.63, 3.8) is 0 Å². The molecule has 0 radical (unpaired) electrons. The Labute approximate surface area is 121 Å². The van der Waals surface area contributed by atoms with E-state index in [0.29, 0.717) is 17.7 Å². The summed E-state index contributed by atoms with van der Waals surface area (Å²) in [6.07, 6.45) is 1.30. The van der Waals surface area contributed by atoms with Gasteiger partial charge in [0.2, 0.25) is 5.91 Å². The van der Waals surface area contributed by atoms with Crippen molar-refractivity contribution in [2.24, 2.45) is 0 Å². The van der Waals surface area contributed by atoms with Crippen molar-refractivity contribution in [1.29, 1.82) is 0 Å². The molecule has 0 aliphatic rings. The quantitative estimate of drug-likeness (QED) is 0.843. The van der Waals surface area contributed by atoms with Gasteiger partial charge in [0.15, 0.2) is 0 Å². The number of aliphatic hydroxyl groups is 1. The van der Waals surface area contributed by atoms with Crippen LogP contribution in [0.25, 0.3) is 0 Å². The van der Waals surface area contributed by atoms with E-state index in [1.165, 1.54) is 10.9 Å². The fraction of sp³-hybridized carbons (Fsp3) is 0.286. The summed E-state index contributed by atoms with van der Waals surface area (Å²) in [5.74, 6) is -0.958. The van der Waals surface area contributed by atoms with Gasteiger partial charge in [-0.15, -0.1) is 5.10 Å². The van der Waals surface area contributed by atoms with Crippen molar-refractivity contribution in [2.45, 2.75) is 26.0 Å². The molecule has 1 unspecified atom stereocenters. The molecule has 0 aliphatic carbocycles. The molecule has 1 atom stereocenters. The van der Waals surface area contributed by atoms with E-state index in [1.807, 2.05) is 6.92 Å². The molecular weight excluding hydrogens is 272 g/mol. The van der Waals surface area contributed by atoms with Gasteiger partial charge in [0.05, 0.1) is 12.3 Å². The van der Waals surface area contributed by atoms with Crippen LogP contribution in [-0.4, -0.2) is 31.9 Å². The van der Waals surface area contributed by atoms with Crippen molar-refractivity contribution < 1.29 is 14.7 Å². The Morgan fingerprint density at radius 2 is 2.05 bits per heavy atom. The molecule has 0 saturated heterocycles. The van der Waals surface area contributed by atoms with Crippen LogP contribution in [0, 0.1) is 0 Å². The van der Waals surface area contributed by atoms with Gasteiger partial charge in [0, 0.05) is 5.56 Å². The molecule has 0 fully saturated rings. The topological polar surface area (TPSA) is 97.1 Å². The molecule has 21 heavy (non-hydrogen) atoms. The lowest BCUT2D eigenvalue weighted by atomic mass is 10.2. The van der Waals surface area contributed by atoms with Crippen molar-refractivity contribution in [2.75, 3.05) is 0 Å². The number of carbonyl (C=O) groups is 2. The second kappa shape index (κ2) is 6.76. The first kappa shape index (κ1) is 14.9. The molecule has 0 aliphatic heterocycles. The maximum absolute atomic E-state index is 11.8. The van der Waals surface area contributed by atoms with Crippen molar-refractivity contribution in [3.8, 4) is 0 Å². The summed E-state index contributed by atoms with van der Waals surface area (Å²) in [6.45, 7) is 1.68. The second-order valence-electron chi connectivity index (χ2n) is 4.51. The molecule has 2 aromatic rings. The zero-order chi connectivity index (χ0) is 15.2. The first-order valence-corrected chi connectivity index (χ1v) is 6.57. The Hall–Kier alpha value is -2.54. The number of hydrogen-bond acceptors (Lipinski definition) is 5. The third-order valence-electron chi connectivity index (χ3n) is 2.88. The number of imide groups is 1. The van der Waals surface area contributed by atoms with Crippen LogP contribution in [0.4, 0.5) is 0 Å². The van der Waals surface area contributed by atoms with Crippen LogP contribution in [0.2, 0.25) is 0 Å². The van der Waals surface area contributed by atoms with Crippen molar-refractivity contribution >= 4 is 11.8 Å². The summed E-state index contributed by atoms with van der Waals surface area (Å²) in [7, 11) is 0. The van der Waals surface area contributed by atoms with E-state index in [2.05, 4.69) is 15.6 Å². The summed E-state index contributed by atoms with van der Waals surface area (Å²) in [5, 5.41) is 19.4. The molecule has 2 amide bonds. The zero-order valence-electron chi connectivity index (χ0n) is 11.6. The molecule has 7 nitrogen and oxygen atoms in total. The molecule has 1 aromatic carbocycles. The van der Waals surface area contributed by atoms with E-state index in [4.69, 9.17) is 0 Å². The van der Waals surface area contributed by atoms with Crippen LogP contribution in [0.15, 0.2) is 36.5 Å². The normalized spacial score (nSPS) is 11.9. The number of carbonyl (C=O) groups excluding carboxylic acids is 2. The molecule has 0 spiro atoms. The molecule has 0 bridgehead atoms. The van der Waals surface area contributed by atoms with Crippen LogP contribution in [-0.2, 0) is 11.3 Å². The van der Waals surface area contributed by atoms with Crippen LogP contribution in [0.1, 0.15) is 35.5 Å². The molecule has 2 rings (SSSR count). The number of aromatic nitrogens is 3. The molecule has 0 saturated carbocycles. The highest BCUT2D eigenvalue weighted by atomic mass is 16.3. The van der Waals surface area contributed by atoms with E-state index in [9.17, 15) is 14.7 Å². The smallest absolute Gasteiger partial charge is 0.257 e. The zero-order valence-corrected chi connectivity index (χ0v) is 11.6. The monoisotopic (exact) mass is 288 g/mol. The van der Waals surface area contributed by atoms with Gasteiger partial charge in [-0.1, -0.05) is 30.3 Å². The second-order valence-corrected chi connectivity index (χ2v) is 4.51. The largest absolute Gasteiger partial charge is 0.387 e. The lowest BCUT2D eigenvalue weighted by Crippen LogP contribution is -2.33. The third kappa shape index (κ3) is 3.96.